The average Bonchev–Trinajstić information content (AvgIpc) is 2.47. The molecule has 0 aliphatic carbocycles. The van der Waals surface area contributed by atoms with Crippen LogP contribution in [0.3, 0.4) is 0 Å². The van der Waals surface area contributed by atoms with Gasteiger partial charge in [-0.2, -0.15) is 0 Å². The highest BCUT2D eigenvalue weighted by molar-refractivity contribution is 5.59. The van der Waals surface area contributed by atoms with Crippen molar-refractivity contribution in [3.63, 3.8) is 0 Å². The molecule has 1 rings (SSSR count). The van der Waals surface area contributed by atoms with Crippen molar-refractivity contribution in [1.29, 1.82) is 0 Å². The zero-order valence-corrected chi connectivity index (χ0v) is 9.87. The second-order valence-electron chi connectivity index (χ2n) is 3.65. The lowest BCUT2D eigenvalue weighted by Crippen LogP contribution is -2.36. The summed E-state index contributed by atoms with van der Waals surface area (Å²) in [5.74, 6) is 2.28. The topological polar surface area (TPSA) is 67.2 Å². The van der Waals surface area contributed by atoms with Gasteiger partial charge in [-0.1, -0.05) is 0 Å². The minimum absolute atomic E-state index is 0.269. The van der Waals surface area contributed by atoms with Crippen molar-refractivity contribution < 1.29 is 4.74 Å². The fraction of sp³-hybridized carbons (Fsp3) is 0.700. The summed E-state index contributed by atoms with van der Waals surface area (Å²) in [4.78, 5) is 9.51. The van der Waals surface area contributed by atoms with Crippen LogP contribution in [-0.4, -0.2) is 36.3 Å². The number of likely N-dealkylation sites (N-methyl/N-ethyl adjacent to an activating group) is 1. The number of aryl methyl sites for hydroxylation is 1. The number of hydrogen-bond donors (Lipinski definition) is 2. The Kier molecular flexibility index (Phi) is 3.96. The number of nitrogen functional groups attached to an aromatic ring is 1. The Bertz CT molecular complexity index is 310. The minimum atomic E-state index is 0.269. The molecule has 3 N–H and O–H groups in total. The van der Waals surface area contributed by atoms with E-state index in [9.17, 15) is 0 Å². The normalized spacial score (nSPS) is 12.8. The molecule has 15 heavy (non-hydrogen) atoms. The second-order valence-corrected chi connectivity index (χ2v) is 3.65. The molecule has 0 aliphatic rings. The monoisotopic (exact) mass is 212 g/mol. The first-order valence-electron chi connectivity index (χ1n) is 5.17. The zero-order valence-electron chi connectivity index (χ0n) is 9.87. The molecule has 0 bridgehead atoms. The summed E-state index contributed by atoms with van der Waals surface area (Å²) < 4.78 is 5.13. The number of aromatic nitrogens is 2. The minimum Gasteiger partial charge on any atom is -0.383 e. The molecule has 1 unspecified atom stereocenters. The van der Waals surface area contributed by atoms with Crippen LogP contribution in [0.4, 0.5) is 11.6 Å². The third-order valence-electron chi connectivity index (χ3n) is 2.38. The van der Waals surface area contributed by atoms with Crippen LogP contribution in [0.2, 0.25) is 0 Å². The highest BCUT2D eigenvalue weighted by atomic mass is 16.5. The number of nitrogens with two attached hydrogens (primary N) is 1. The molecule has 5 heteroatoms. The van der Waals surface area contributed by atoms with E-state index >= 15 is 0 Å². The van der Waals surface area contributed by atoms with Gasteiger partial charge in [-0.3, -0.25) is 0 Å². The van der Waals surface area contributed by atoms with Gasteiger partial charge in [-0.15, -0.1) is 0 Å². The van der Waals surface area contributed by atoms with Crippen molar-refractivity contribution in [2.24, 2.45) is 0 Å². The first-order valence-corrected chi connectivity index (χ1v) is 5.17. The molecule has 1 aromatic rings. The van der Waals surface area contributed by atoms with Crippen molar-refractivity contribution in [3.8, 4) is 0 Å². The Morgan fingerprint density at radius 2 is 2.27 bits per heavy atom. The number of aromatic amines is 1. The van der Waals surface area contributed by atoms with E-state index in [4.69, 9.17) is 10.5 Å². The molecule has 1 heterocycles. The lowest BCUT2D eigenvalue weighted by molar-refractivity contribution is 0.182. The van der Waals surface area contributed by atoms with Crippen LogP contribution < -0.4 is 10.6 Å². The van der Waals surface area contributed by atoms with Crippen LogP contribution in [0.15, 0.2) is 0 Å². The standard InChI is InChI=1S/C10H20N4O/c1-5-14(7(2)6-15-4)10-9(11)12-8(3)13-10/h7H,5-6,11H2,1-4H3,(H,12,13). The lowest BCUT2D eigenvalue weighted by atomic mass is 10.3. The van der Waals surface area contributed by atoms with Gasteiger partial charge in [0.25, 0.3) is 0 Å². The number of nitrogens with one attached hydrogen (secondary N) is 1. The Balaban J connectivity index is 2.86. The van der Waals surface area contributed by atoms with Crippen molar-refractivity contribution >= 4 is 11.6 Å². The quantitative estimate of drug-likeness (QED) is 0.768. The molecular formula is C10H20N4O. The molecule has 0 aliphatic heterocycles. The molecule has 5 nitrogen and oxygen atoms in total. The van der Waals surface area contributed by atoms with Gasteiger partial charge in [0.15, 0.2) is 5.82 Å². The van der Waals surface area contributed by atoms with E-state index in [1.807, 2.05) is 6.92 Å². The van der Waals surface area contributed by atoms with E-state index in [1.165, 1.54) is 0 Å². The number of ether oxygens (including phenoxy) is 1. The summed E-state index contributed by atoms with van der Waals surface area (Å²) >= 11 is 0. The van der Waals surface area contributed by atoms with Gasteiger partial charge in [0.2, 0.25) is 0 Å². The fourth-order valence-electron chi connectivity index (χ4n) is 1.72. The Morgan fingerprint density at radius 1 is 1.60 bits per heavy atom. The molecule has 86 valence electrons. The van der Waals surface area contributed by atoms with E-state index in [0.29, 0.717) is 12.4 Å². The smallest absolute Gasteiger partial charge is 0.171 e. The highest BCUT2D eigenvalue weighted by Crippen LogP contribution is 2.21. The number of methoxy groups -OCH3 is 1. The number of hydrogen-bond acceptors (Lipinski definition) is 4. The molecular weight excluding hydrogens is 192 g/mol. The summed E-state index contributed by atoms with van der Waals surface area (Å²) in [6.45, 7) is 7.60. The Hall–Kier alpha value is -1.23. The van der Waals surface area contributed by atoms with Crippen LogP contribution in [0, 0.1) is 6.92 Å². The van der Waals surface area contributed by atoms with Crippen molar-refractivity contribution in [2.75, 3.05) is 30.9 Å². The van der Waals surface area contributed by atoms with E-state index in [1.54, 1.807) is 7.11 Å². The van der Waals surface area contributed by atoms with Crippen LogP contribution in [0.25, 0.3) is 0 Å². The average molecular weight is 212 g/mol. The fourth-order valence-corrected chi connectivity index (χ4v) is 1.72. The maximum atomic E-state index is 5.85. The molecule has 0 aromatic carbocycles. The summed E-state index contributed by atoms with van der Waals surface area (Å²) in [5.41, 5.74) is 5.85. The number of H-pyrrole nitrogens is 1. The van der Waals surface area contributed by atoms with E-state index in [-0.39, 0.29) is 6.04 Å². The van der Waals surface area contributed by atoms with Gasteiger partial charge in [0.05, 0.1) is 12.6 Å². The maximum absolute atomic E-state index is 5.85. The number of nitrogens with zero attached hydrogens (tertiary/aromatic N) is 2. The van der Waals surface area contributed by atoms with Crippen LogP contribution in [0.1, 0.15) is 19.7 Å². The van der Waals surface area contributed by atoms with Gasteiger partial charge in [0, 0.05) is 13.7 Å². The molecule has 0 radical (unpaired) electrons. The summed E-state index contributed by atoms with van der Waals surface area (Å²) in [5, 5.41) is 0. The molecule has 0 saturated carbocycles. The third-order valence-corrected chi connectivity index (χ3v) is 2.38. The molecule has 0 amide bonds. The van der Waals surface area contributed by atoms with Crippen LogP contribution in [-0.2, 0) is 4.74 Å². The summed E-state index contributed by atoms with van der Waals surface area (Å²) in [6.07, 6.45) is 0. The van der Waals surface area contributed by atoms with Gasteiger partial charge >= 0.3 is 0 Å². The Morgan fingerprint density at radius 3 is 2.67 bits per heavy atom. The van der Waals surface area contributed by atoms with Crippen molar-refractivity contribution in [1.82, 2.24) is 9.97 Å². The van der Waals surface area contributed by atoms with E-state index in [2.05, 4.69) is 28.7 Å². The first kappa shape index (κ1) is 11.8. The van der Waals surface area contributed by atoms with Gasteiger partial charge in [0.1, 0.15) is 11.6 Å². The first-order chi connectivity index (χ1) is 7.10. The predicted octanol–water partition coefficient (Wildman–Crippen LogP) is 1.16. The van der Waals surface area contributed by atoms with Crippen molar-refractivity contribution in [2.45, 2.75) is 26.8 Å². The van der Waals surface area contributed by atoms with E-state index in [0.717, 1.165) is 18.2 Å². The number of rotatable bonds is 5. The molecule has 0 saturated heterocycles. The van der Waals surface area contributed by atoms with Gasteiger partial charge < -0.3 is 20.4 Å². The van der Waals surface area contributed by atoms with E-state index < -0.39 is 0 Å². The SMILES string of the molecule is CCN(c1nc(C)[nH]c1N)C(C)COC. The summed E-state index contributed by atoms with van der Waals surface area (Å²) in [7, 11) is 1.70. The highest BCUT2D eigenvalue weighted by Gasteiger charge is 2.17. The number of imidazole rings is 1. The molecule has 0 fully saturated rings. The molecule has 1 aromatic heterocycles. The second kappa shape index (κ2) is 5.02. The Labute approximate surface area is 90.6 Å². The summed E-state index contributed by atoms with van der Waals surface area (Å²) in [6, 6.07) is 0.269. The predicted molar refractivity (Wildman–Crippen MR) is 62.1 cm³/mol. The number of anilines is 2. The molecule has 1 atom stereocenters. The van der Waals surface area contributed by atoms with Crippen molar-refractivity contribution in [3.05, 3.63) is 5.82 Å². The third kappa shape index (κ3) is 2.62. The maximum Gasteiger partial charge on any atom is 0.171 e. The van der Waals surface area contributed by atoms with Crippen LogP contribution >= 0.6 is 0 Å². The largest absolute Gasteiger partial charge is 0.383 e. The zero-order chi connectivity index (χ0) is 11.4. The lowest BCUT2D eigenvalue weighted by Gasteiger charge is -2.27. The van der Waals surface area contributed by atoms with Gasteiger partial charge in [-0.05, 0) is 20.8 Å². The van der Waals surface area contributed by atoms with Crippen LogP contribution in [0.5, 0.6) is 0 Å². The molecule has 0 spiro atoms. The van der Waals surface area contributed by atoms with Gasteiger partial charge in [-0.25, -0.2) is 4.98 Å².